The highest BCUT2D eigenvalue weighted by atomic mass is 14.9. The lowest BCUT2D eigenvalue weighted by Crippen LogP contribution is -2.37. The second-order valence-corrected chi connectivity index (χ2v) is 6.88. The van der Waals surface area contributed by atoms with Crippen LogP contribution in [-0.4, -0.2) is 6.54 Å². The number of hydrogen-bond donors (Lipinski definition) is 1. The van der Waals surface area contributed by atoms with Crippen molar-refractivity contribution in [1.82, 2.24) is 5.32 Å². The van der Waals surface area contributed by atoms with E-state index in [0.717, 1.165) is 6.54 Å². The maximum absolute atomic E-state index is 3.85. The summed E-state index contributed by atoms with van der Waals surface area (Å²) in [6, 6.07) is 11.4. The zero-order valence-corrected chi connectivity index (χ0v) is 12.8. The summed E-state index contributed by atoms with van der Waals surface area (Å²) in [5, 5.41) is 3.85. The lowest BCUT2D eigenvalue weighted by atomic mass is 9.75. The van der Waals surface area contributed by atoms with Crippen LogP contribution in [0.2, 0.25) is 0 Å². The Labute approximate surface area is 118 Å². The molecule has 0 bridgehead atoms. The predicted octanol–water partition coefficient (Wildman–Crippen LogP) is 4.94. The van der Waals surface area contributed by atoms with Gasteiger partial charge in [0.1, 0.15) is 0 Å². The van der Waals surface area contributed by atoms with Gasteiger partial charge in [0.25, 0.3) is 0 Å². The van der Waals surface area contributed by atoms with Crippen molar-refractivity contribution in [3.05, 3.63) is 35.9 Å². The largest absolute Gasteiger partial charge is 0.309 e. The fraction of sp³-hybridized carbons (Fsp3) is 0.667. The Bertz CT molecular complexity index is 363. The van der Waals surface area contributed by atoms with E-state index >= 15 is 0 Å². The van der Waals surface area contributed by atoms with E-state index in [2.05, 4.69) is 56.4 Å². The van der Waals surface area contributed by atoms with Gasteiger partial charge in [0, 0.05) is 12.6 Å². The Morgan fingerprint density at radius 3 is 2.26 bits per heavy atom. The van der Waals surface area contributed by atoms with Gasteiger partial charge in [0.05, 0.1) is 0 Å². The van der Waals surface area contributed by atoms with Gasteiger partial charge in [0.2, 0.25) is 0 Å². The van der Waals surface area contributed by atoms with Gasteiger partial charge in [-0.05, 0) is 29.7 Å². The zero-order chi connectivity index (χ0) is 13.7. The molecule has 1 heteroatoms. The summed E-state index contributed by atoms with van der Waals surface area (Å²) in [4.78, 5) is 0. The lowest BCUT2D eigenvalue weighted by Gasteiger charge is -2.36. The molecule has 1 N–H and O–H groups in total. The van der Waals surface area contributed by atoms with Crippen LogP contribution in [0.1, 0.15) is 64.5 Å². The van der Waals surface area contributed by atoms with Crippen LogP contribution in [-0.2, 0) is 0 Å². The first-order valence-electron chi connectivity index (χ1n) is 7.89. The van der Waals surface area contributed by atoms with E-state index in [1.54, 1.807) is 0 Å². The highest BCUT2D eigenvalue weighted by molar-refractivity contribution is 5.19. The number of nitrogens with one attached hydrogen (secondary N) is 1. The van der Waals surface area contributed by atoms with Crippen LogP contribution in [0.5, 0.6) is 0 Å². The zero-order valence-electron chi connectivity index (χ0n) is 12.8. The van der Waals surface area contributed by atoms with Crippen LogP contribution in [0.15, 0.2) is 30.3 Å². The molecule has 0 spiro atoms. The van der Waals surface area contributed by atoms with Crippen LogP contribution in [0.4, 0.5) is 0 Å². The van der Waals surface area contributed by atoms with Crippen molar-refractivity contribution in [3.8, 4) is 0 Å². The molecule has 0 heterocycles. The molecule has 1 fully saturated rings. The normalized spacial score (nSPS) is 20.4. The molecule has 1 nitrogen and oxygen atoms in total. The van der Waals surface area contributed by atoms with Gasteiger partial charge in [-0.2, -0.15) is 0 Å². The van der Waals surface area contributed by atoms with Crippen molar-refractivity contribution in [1.29, 1.82) is 0 Å². The quantitative estimate of drug-likeness (QED) is 0.789. The van der Waals surface area contributed by atoms with E-state index < -0.39 is 0 Å². The van der Waals surface area contributed by atoms with E-state index in [9.17, 15) is 0 Å². The van der Waals surface area contributed by atoms with Gasteiger partial charge in [-0.3, -0.25) is 0 Å². The van der Waals surface area contributed by atoms with Crippen molar-refractivity contribution < 1.29 is 0 Å². The topological polar surface area (TPSA) is 12.0 Å². The second-order valence-electron chi connectivity index (χ2n) is 6.88. The molecule has 0 saturated heterocycles. The predicted molar refractivity (Wildman–Crippen MR) is 83.2 cm³/mol. The molecule has 0 amide bonds. The minimum Gasteiger partial charge on any atom is -0.309 e. The molecule has 1 aromatic carbocycles. The summed E-state index contributed by atoms with van der Waals surface area (Å²) < 4.78 is 0. The molecule has 0 radical (unpaired) electrons. The third-order valence-corrected chi connectivity index (χ3v) is 4.63. The van der Waals surface area contributed by atoms with Crippen LogP contribution >= 0.6 is 0 Å². The molecule has 1 atom stereocenters. The average Bonchev–Trinajstić information content (AvgIpc) is 2.40. The summed E-state index contributed by atoms with van der Waals surface area (Å²) in [5.74, 6) is 0.634. The average molecular weight is 259 g/mol. The Kier molecular flexibility index (Phi) is 5.04. The molecule has 1 aromatic rings. The Hall–Kier alpha value is -0.820. The van der Waals surface area contributed by atoms with Crippen LogP contribution < -0.4 is 5.32 Å². The Morgan fingerprint density at radius 1 is 1.05 bits per heavy atom. The fourth-order valence-electron chi connectivity index (χ4n) is 3.34. The van der Waals surface area contributed by atoms with Crippen molar-refractivity contribution in [2.75, 3.05) is 6.54 Å². The Morgan fingerprint density at radius 2 is 1.68 bits per heavy atom. The molecule has 1 aliphatic rings. The monoisotopic (exact) mass is 259 g/mol. The third-order valence-electron chi connectivity index (χ3n) is 4.63. The third kappa shape index (κ3) is 4.07. The van der Waals surface area contributed by atoms with Crippen molar-refractivity contribution in [3.63, 3.8) is 0 Å². The fourth-order valence-corrected chi connectivity index (χ4v) is 3.34. The first-order chi connectivity index (χ1) is 9.11. The number of rotatable bonds is 5. The van der Waals surface area contributed by atoms with Gasteiger partial charge in [0.15, 0.2) is 0 Å². The summed E-state index contributed by atoms with van der Waals surface area (Å²) >= 11 is 0. The molecule has 0 aromatic heterocycles. The highest BCUT2D eigenvalue weighted by Gasteiger charge is 2.28. The molecule has 19 heavy (non-hydrogen) atoms. The second kappa shape index (κ2) is 6.56. The first kappa shape index (κ1) is 14.6. The van der Waals surface area contributed by atoms with Gasteiger partial charge in [-0.1, -0.05) is 70.4 Å². The van der Waals surface area contributed by atoms with Crippen LogP contribution in [0.25, 0.3) is 0 Å². The first-order valence-corrected chi connectivity index (χ1v) is 7.89. The van der Waals surface area contributed by atoms with Crippen LogP contribution in [0, 0.1) is 11.3 Å². The van der Waals surface area contributed by atoms with Gasteiger partial charge in [-0.15, -0.1) is 0 Å². The smallest absolute Gasteiger partial charge is 0.0343 e. The lowest BCUT2D eigenvalue weighted by molar-refractivity contribution is 0.193. The molecule has 1 aliphatic carbocycles. The molecule has 2 rings (SSSR count). The number of hydrogen-bond acceptors (Lipinski definition) is 1. The summed E-state index contributed by atoms with van der Waals surface area (Å²) in [5.41, 5.74) is 1.94. The molecule has 106 valence electrons. The van der Waals surface area contributed by atoms with Crippen molar-refractivity contribution >= 4 is 0 Å². The van der Waals surface area contributed by atoms with E-state index in [0.29, 0.717) is 17.4 Å². The molecular weight excluding hydrogens is 230 g/mol. The minimum atomic E-state index is 0.486. The minimum absolute atomic E-state index is 0.486. The summed E-state index contributed by atoms with van der Waals surface area (Å²) in [7, 11) is 0. The van der Waals surface area contributed by atoms with Gasteiger partial charge < -0.3 is 5.32 Å². The van der Waals surface area contributed by atoms with E-state index in [-0.39, 0.29) is 0 Å². The highest BCUT2D eigenvalue weighted by Crippen LogP contribution is 2.36. The maximum atomic E-state index is 3.85. The maximum Gasteiger partial charge on any atom is 0.0343 e. The molecule has 0 aliphatic heterocycles. The van der Waals surface area contributed by atoms with E-state index in [4.69, 9.17) is 0 Å². The van der Waals surface area contributed by atoms with Crippen molar-refractivity contribution in [2.24, 2.45) is 11.3 Å². The Balaban J connectivity index is 1.98. The van der Waals surface area contributed by atoms with E-state index in [1.807, 2.05) is 0 Å². The van der Waals surface area contributed by atoms with E-state index in [1.165, 1.54) is 37.7 Å². The molecule has 1 saturated carbocycles. The van der Waals surface area contributed by atoms with Gasteiger partial charge in [-0.25, -0.2) is 0 Å². The molecular formula is C18H29N. The molecule has 1 unspecified atom stereocenters. The summed E-state index contributed by atoms with van der Waals surface area (Å²) in [6.45, 7) is 8.24. The standard InChI is InChI=1S/C18H29N/c1-15(2)17(16-10-6-4-7-11-16)19-14-18(3)12-8-5-9-13-18/h4,6-7,10-11,15,17,19H,5,8-9,12-14H2,1-3H3. The van der Waals surface area contributed by atoms with Crippen molar-refractivity contribution in [2.45, 2.75) is 58.9 Å². The van der Waals surface area contributed by atoms with Gasteiger partial charge >= 0.3 is 0 Å². The van der Waals surface area contributed by atoms with Crippen LogP contribution in [0.3, 0.4) is 0 Å². The SMILES string of the molecule is CC(C)C(NCC1(C)CCCCC1)c1ccccc1. The summed E-state index contributed by atoms with van der Waals surface area (Å²) in [6.07, 6.45) is 7.03. The number of benzene rings is 1.